The molecule has 12 heavy (non-hydrogen) atoms. The molecule has 0 unspecified atom stereocenters. The first-order chi connectivity index (χ1) is 5.66. The van der Waals surface area contributed by atoms with Gasteiger partial charge in [0, 0.05) is 6.42 Å². The Bertz CT molecular complexity index is 148. The first-order valence-electron chi connectivity index (χ1n) is 4.51. The van der Waals surface area contributed by atoms with Crippen LogP contribution in [0.5, 0.6) is 0 Å². The third-order valence-electron chi connectivity index (χ3n) is 1.46. The number of esters is 1. The van der Waals surface area contributed by atoms with Gasteiger partial charge in [-0.1, -0.05) is 20.8 Å². The van der Waals surface area contributed by atoms with Crippen LogP contribution in [0.3, 0.4) is 0 Å². The van der Waals surface area contributed by atoms with E-state index in [-0.39, 0.29) is 5.97 Å². The minimum atomic E-state index is -0.131. The van der Waals surface area contributed by atoms with Gasteiger partial charge in [-0.15, -0.1) is 0 Å². The second kappa shape index (κ2) is 6.89. The maximum Gasteiger partial charge on any atom is 0.310 e. The molecule has 0 aliphatic rings. The molecule has 0 aliphatic carbocycles. The highest BCUT2D eigenvalue weighted by Crippen LogP contribution is 2.04. The van der Waals surface area contributed by atoms with Gasteiger partial charge in [-0.3, -0.25) is 4.79 Å². The monoisotopic (exact) mass is 170 g/mol. The number of hydrogen-bond acceptors (Lipinski definition) is 2. The number of ether oxygens (including phenoxy) is 1. The number of carbonyl (C=O) groups excluding carboxylic acids is 1. The third-order valence-corrected chi connectivity index (χ3v) is 1.46. The summed E-state index contributed by atoms with van der Waals surface area (Å²) in [6.07, 6.45) is 5.62. The van der Waals surface area contributed by atoms with Crippen molar-refractivity contribution in [2.75, 3.05) is 0 Å². The highest BCUT2D eigenvalue weighted by Gasteiger charge is 2.02. The second-order valence-electron chi connectivity index (χ2n) is 3.20. The predicted molar refractivity (Wildman–Crippen MR) is 49.6 cm³/mol. The first-order valence-corrected chi connectivity index (χ1v) is 4.51. The molecule has 2 nitrogen and oxygen atoms in total. The topological polar surface area (TPSA) is 26.3 Å². The van der Waals surface area contributed by atoms with Crippen LogP contribution in [0.25, 0.3) is 0 Å². The molecule has 0 N–H and O–H groups in total. The van der Waals surface area contributed by atoms with Crippen LogP contribution in [0.15, 0.2) is 12.3 Å². The summed E-state index contributed by atoms with van der Waals surface area (Å²) < 4.78 is 4.81. The minimum absolute atomic E-state index is 0.131. The van der Waals surface area contributed by atoms with E-state index in [1.165, 1.54) is 6.26 Å². The molecule has 0 saturated heterocycles. The van der Waals surface area contributed by atoms with E-state index >= 15 is 0 Å². The lowest BCUT2D eigenvalue weighted by Gasteiger charge is -2.01. The summed E-state index contributed by atoms with van der Waals surface area (Å²) >= 11 is 0. The summed E-state index contributed by atoms with van der Waals surface area (Å²) in [4.78, 5) is 10.9. The molecule has 0 spiro atoms. The van der Waals surface area contributed by atoms with Crippen LogP contribution in [0.4, 0.5) is 0 Å². The van der Waals surface area contributed by atoms with Crippen LogP contribution in [-0.2, 0) is 9.53 Å². The Morgan fingerprint density at radius 2 is 2.17 bits per heavy atom. The Kier molecular flexibility index (Phi) is 6.44. The average Bonchev–Trinajstić information content (AvgIpc) is 2.01. The van der Waals surface area contributed by atoms with Gasteiger partial charge in [0.25, 0.3) is 0 Å². The van der Waals surface area contributed by atoms with Gasteiger partial charge >= 0.3 is 5.97 Å². The number of rotatable bonds is 5. The van der Waals surface area contributed by atoms with Crippen molar-refractivity contribution in [2.45, 2.75) is 40.0 Å². The molecular weight excluding hydrogens is 152 g/mol. The molecule has 0 rings (SSSR count). The number of carbonyl (C=O) groups is 1. The van der Waals surface area contributed by atoms with Crippen LogP contribution in [0.2, 0.25) is 0 Å². The molecule has 0 atom stereocenters. The Morgan fingerprint density at radius 1 is 1.50 bits per heavy atom. The van der Waals surface area contributed by atoms with Crippen molar-refractivity contribution >= 4 is 5.97 Å². The van der Waals surface area contributed by atoms with Gasteiger partial charge in [0.1, 0.15) is 0 Å². The maximum absolute atomic E-state index is 10.9. The zero-order valence-corrected chi connectivity index (χ0v) is 8.17. The van der Waals surface area contributed by atoms with Gasteiger partial charge in [-0.05, 0) is 24.8 Å². The molecule has 2 heteroatoms. The largest absolute Gasteiger partial charge is 0.435 e. The third kappa shape index (κ3) is 7.32. The number of allylic oxidation sites excluding steroid dienone is 1. The Labute approximate surface area is 74.6 Å². The van der Waals surface area contributed by atoms with Crippen LogP contribution in [0.1, 0.15) is 40.0 Å². The van der Waals surface area contributed by atoms with Gasteiger partial charge in [0.05, 0.1) is 6.26 Å². The van der Waals surface area contributed by atoms with Crippen LogP contribution >= 0.6 is 0 Å². The van der Waals surface area contributed by atoms with Gasteiger partial charge in [-0.2, -0.15) is 0 Å². The quantitative estimate of drug-likeness (QED) is 0.468. The van der Waals surface area contributed by atoms with E-state index in [9.17, 15) is 4.79 Å². The van der Waals surface area contributed by atoms with Crippen LogP contribution < -0.4 is 0 Å². The van der Waals surface area contributed by atoms with Crippen LogP contribution in [-0.4, -0.2) is 5.97 Å². The zero-order valence-electron chi connectivity index (χ0n) is 8.17. The summed E-state index contributed by atoms with van der Waals surface area (Å²) in [6.45, 7) is 6.18. The summed E-state index contributed by atoms with van der Waals surface area (Å²) in [5.74, 6) is 0.432. The molecule has 0 fully saturated rings. The minimum Gasteiger partial charge on any atom is -0.435 e. The Hall–Kier alpha value is -0.790. The van der Waals surface area contributed by atoms with E-state index in [4.69, 9.17) is 4.74 Å². The molecule has 0 radical (unpaired) electrons. The zero-order chi connectivity index (χ0) is 9.40. The van der Waals surface area contributed by atoms with E-state index in [2.05, 4.69) is 13.8 Å². The molecule has 70 valence electrons. The molecule has 0 aromatic carbocycles. The summed E-state index contributed by atoms with van der Waals surface area (Å²) in [5.41, 5.74) is 0. The highest BCUT2D eigenvalue weighted by molar-refractivity contribution is 5.69. The standard InChI is InChI=1S/C10H18O2/c1-4-5-8-12-10(11)7-6-9(2)3/h5,8-9H,4,6-7H2,1-3H3. The molecule has 0 saturated carbocycles. The first kappa shape index (κ1) is 11.2. The van der Waals surface area contributed by atoms with Crippen molar-refractivity contribution in [3.05, 3.63) is 12.3 Å². The normalized spacial score (nSPS) is 11.0. The van der Waals surface area contributed by atoms with Crippen molar-refractivity contribution in [3.8, 4) is 0 Å². The van der Waals surface area contributed by atoms with Crippen molar-refractivity contribution in [3.63, 3.8) is 0 Å². The van der Waals surface area contributed by atoms with Gasteiger partial charge < -0.3 is 4.74 Å². The lowest BCUT2D eigenvalue weighted by Crippen LogP contribution is -2.01. The lowest BCUT2D eigenvalue weighted by molar-refractivity contribution is -0.138. The molecule has 0 aromatic rings. The van der Waals surface area contributed by atoms with Crippen molar-refractivity contribution in [1.29, 1.82) is 0 Å². The SMILES string of the molecule is CCC=COC(=O)CCC(C)C. The van der Waals surface area contributed by atoms with E-state index in [1.807, 2.05) is 13.0 Å². The predicted octanol–water partition coefficient (Wildman–Crippen LogP) is 2.89. The smallest absolute Gasteiger partial charge is 0.310 e. The molecule has 0 aliphatic heterocycles. The summed E-state index contributed by atoms with van der Waals surface area (Å²) in [6, 6.07) is 0. The van der Waals surface area contributed by atoms with Crippen molar-refractivity contribution in [2.24, 2.45) is 5.92 Å². The average molecular weight is 170 g/mol. The fraction of sp³-hybridized carbons (Fsp3) is 0.700. The van der Waals surface area contributed by atoms with E-state index in [1.54, 1.807) is 0 Å². The summed E-state index contributed by atoms with van der Waals surface area (Å²) in [5, 5.41) is 0. The second-order valence-corrected chi connectivity index (χ2v) is 3.20. The van der Waals surface area contributed by atoms with Gasteiger partial charge in [-0.25, -0.2) is 0 Å². The lowest BCUT2D eigenvalue weighted by atomic mass is 10.1. The fourth-order valence-electron chi connectivity index (χ4n) is 0.686. The molecule has 0 aromatic heterocycles. The molecule has 0 bridgehead atoms. The van der Waals surface area contributed by atoms with Gasteiger partial charge in [0.15, 0.2) is 0 Å². The van der Waals surface area contributed by atoms with Crippen molar-refractivity contribution in [1.82, 2.24) is 0 Å². The van der Waals surface area contributed by atoms with E-state index in [0.717, 1.165) is 12.8 Å². The molecular formula is C10H18O2. The van der Waals surface area contributed by atoms with Crippen LogP contribution in [0, 0.1) is 5.92 Å². The van der Waals surface area contributed by atoms with Gasteiger partial charge in [0.2, 0.25) is 0 Å². The fourth-order valence-corrected chi connectivity index (χ4v) is 0.686. The summed E-state index contributed by atoms with van der Waals surface area (Å²) in [7, 11) is 0. The Balaban J connectivity index is 3.40. The Morgan fingerprint density at radius 3 is 2.67 bits per heavy atom. The maximum atomic E-state index is 10.9. The number of hydrogen-bond donors (Lipinski definition) is 0. The van der Waals surface area contributed by atoms with E-state index in [0.29, 0.717) is 12.3 Å². The molecule has 0 heterocycles. The highest BCUT2D eigenvalue weighted by atomic mass is 16.5. The molecule has 0 amide bonds. The van der Waals surface area contributed by atoms with Crippen molar-refractivity contribution < 1.29 is 9.53 Å². The van der Waals surface area contributed by atoms with E-state index < -0.39 is 0 Å².